The zero-order valence-electron chi connectivity index (χ0n) is 14.0. The predicted molar refractivity (Wildman–Crippen MR) is 93.8 cm³/mol. The molecule has 0 heterocycles. The molecule has 0 atom stereocenters. The van der Waals surface area contributed by atoms with Crippen LogP contribution in [0.2, 0.25) is 0 Å². The summed E-state index contributed by atoms with van der Waals surface area (Å²) in [5.41, 5.74) is 8.74. The van der Waals surface area contributed by atoms with Gasteiger partial charge < -0.3 is 15.4 Å². The number of amides is 1. The monoisotopic (exact) mass is 312 g/mol. The van der Waals surface area contributed by atoms with Gasteiger partial charge in [0.1, 0.15) is 5.75 Å². The Hall–Kier alpha value is -2.33. The second kappa shape index (κ2) is 7.79. The van der Waals surface area contributed by atoms with E-state index in [0.29, 0.717) is 12.5 Å². The SMILES string of the molecule is COc1ccc(N(Cc2ccc(C(C)C)cc2)C(=O)CN)cc1. The van der Waals surface area contributed by atoms with E-state index in [4.69, 9.17) is 10.5 Å². The molecule has 2 aromatic rings. The average Bonchev–Trinajstić information content (AvgIpc) is 2.59. The Balaban J connectivity index is 2.22. The van der Waals surface area contributed by atoms with Gasteiger partial charge in [0.15, 0.2) is 0 Å². The Labute approximate surface area is 137 Å². The van der Waals surface area contributed by atoms with Gasteiger partial charge in [-0.05, 0) is 41.3 Å². The van der Waals surface area contributed by atoms with Crippen molar-refractivity contribution in [2.75, 3.05) is 18.6 Å². The van der Waals surface area contributed by atoms with Crippen molar-refractivity contribution in [3.63, 3.8) is 0 Å². The fourth-order valence-corrected chi connectivity index (χ4v) is 2.39. The van der Waals surface area contributed by atoms with Gasteiger partial charge in [0.2, 0.25) is 5.91 Å². The number of hydrogen-bond donors (Lipinski definition) is 1. The molecular formula is C19H24N2O2. The molecule has 0 radical (unpaired) electrons. The van der Waals surface area contributed by atoms with Crippen molar-refractivity contribution >= 4 is 11.6 Å². The molecule has 0 aliphatic carbocycles. The van der Waals surface area contributed by atoms with Gasteiger partial charge >= 0.3 is 0 Å². The zero-order valence-corrected chi connectivity index (χ0v) is 14.0. The minimum atomic E-state index is -0.108. The van der Waals surface area contributed by atoms with Crippen molar-refractivity contribution in [2.24, 2.45) is 5.73 Å². The number of hydrogen-bond acceptors (Lipinski definition) is 3. The third kappa shape index (κ3) is 4.33. The second-order valence-corrected chi connectivity index (χ2v) is 5.78. The van der Waals surface area contributed by atoms with Crippen LogP contribution in [0.15, 0.2) is 48.5 Å². The highest BCUT2D eigenvalue weighted by atomic mass is 16.5. The largest absolute Gasteiger partial charge is 0.497 e. The van der Waals surface area contributed by atoms with Gasteiger partial charge in [-0.15, -0.1) is 0 Å². The molecule has 0 saturated heterocycles. The van der Waals surface area contributed by atoms with Crippen LogP contribution in [0.4, 0.5) is 5.69 Å². The first-order chi connectivity index (χ1) is 11.0. The fraction of sp³-hybridized carbons (Fsp3) is 0.316. The van der Waals surface area contributed by atoms with Crippen molar-refractivity contribution in [3.05, 3.63) is 59.7 Å². The van der Waals surface area contributed by atoms with E-state index >= 15 is 0 Å². The molecule has 4 nitrogen and oxygen atoms in total. The normalized spacial score (nSPS) is 10.7. The second-order valence-electron chi connectivity index (χ2n) is 5.78. The number of nitrogens with two attached hydrogens (primary N) is 1. The zero-order chi connectivity index (χ0) is 16.8. The van der Waals surface area contributed by atoms with Gasteiger partial charge in [0.05, 0.1) is 20.2 Å². The van der Waals surface area contributed by atoms with Gasteiger partial charge in [0, 0.05) is 5.69 Å². The number of carbonyl (C=O) groups excluding carboxylic acids is 1. The molecule has 2 rings (SSSR count). The van der Waals surface area contributed by atoms with E-state index in [9.17, 15) is 4.79 Å². The minimum absolute atomic E-state index is 0.0178. The summed E-state index contributed by atoms with van der Waals surface area (Å²) in [5, 5.41) is 0. The van der Waals surface area contributed by atoms with Crippen molar-refractivity contribution in [2.45, 2.75) is 26.3 Å². The summed E-state index contributed by atoms with van der Waals surface area (Å²) >= 11 is 0. The quantitative estimate of drug-likeness (QED) is 0.890. The molecule has 2 N–H and O–H groups in total. The third-order valence-electron chi connectivity index (χ3n) is 3.85. The van der Waals surface area contributed by atoms with Gasteiger partial charge in [-0.3, -0.25) is 4.79 Å². The van der Waals surface area contributed by atoms with Crippen molar-refractivity contribution in [1.82, 2.24) is 0 Å². The van der Waals surface area contributed by atoms with Crippen molar-refractivity contribution in [1.29, 1.82) is 0 Å². The van der Waals surface area contributed by atoms with Crippen LogP contribution < -0.4 is 15.4 Å². The first-order valence-electron chi connectivity index (χ1n) is 7.78. The fourth-order valence-electron chi connectivity index (χ4n) is 2.39. The topological polar surface area (TPSA) is 55.6 Å². The van der Waals surface area contributed by atoms with Crippen LogP contribution in [0.25, 0.3) is 0 Å². The number of methoxy groups -OCH3 is 1. The Morgan fingerprint density at radius 1 is 1.09 bits per heavy atom. The molecule has 23 heavy (non-hydrogen) atoms. The first kappa shape index (κ1) is 17.0. The lowest BCUT2D eigenvalue weighted by Gasteiger charge is -2.23. The molecule has 1 amide bonds. The van der Waals surface area contributed by atoms with E-state index in [1.54, 1.807) is 12.0 Å². The average molecular weight is 312 g/mol. The summed E-state index contributed by atoms with van der Waals surface area (Å²) in [6, 6.07) is 15.8. The van der Waals surface area contributed by atoms with Crippen molar-refractivity contribution in [3.8, 4) is 5.75 Å². The molecule has 0 saturated carbocycles. The van der Waals surface area contributed by atoms with Crippen LogP contribution in [0.5, 0.6) is 5.75 Å². The number of rotatable bonds is 6. The molecule has 2 aromatic carbocycles. The number of ether oxygens (including phenoxy) is 1. The molecule has 0 fully saturated rings. The van der Waals surface area contributed by atoms with E-state index in [1.807, 2.05) is 24.3 Å². The molecule has 0 unspecified atom stereocenters. The third-order valence-corrected chi connectivity index (χ3v) is 3.85. The Bertz CT molecular complexity index is 633. The van der Waals surface area contributed by atoms with Crippen LogP contribution >= 0.6 is 0 Å². The van der Waals surface area contributed by atoms with Crippen LogP contribution in [0.1, 0.15) is 30.9 Å². The summed E-state index contributed by atoms with van der Waals surface area (Å²) in [4.78, 5) is 13.9. The van der Waals surface area contributed by atoms with Crippen molar-refractivity contribution < 1.29 is 9.53 Å². The minimum Gasteiger partial charge on any atom is -0.497 e. The Kier molecular flexibility index (Phi) is 5.77. The molecule has 4 heteroatoms. The van der Waals surface area contributed by atoms with E-state index in [2.05, 4.69) is 38.1 Å². The van der Waals surface area contributed by atoms with Gasteiger partial charge in [0.25, 0.3) is 0 Å². The summed E-state index contributed by atoms with van der Waals surface area (Å²) in [5.74, 6) is 1.14. The molecule has 0 spiro atoms. The Morgan fingerprint density at radius 3 is 2.17 bits per heavy atom. The van der Waals surface area contributed by atoms with E-state index in [-0.39, 0.29) is 12.5 Å². The smallest absolute Gasteiger partial charge is 0.241 e. The highest BCUT2D eigenvalue weighted by Gasteiger charge is 2.15. The predicted octanol–water partition coefficient (Wildman–Crippen LogP) is 3.31. The molecule has 0 aliphatic rings. The lowest BCUT2D eigenvalue weighted by Crippen LogP contribution is -2.35. The lowest BCUT2D eigenvalue weighted by atomic mass is 10.0. The maximum absolute atomic E-state index is 12.2. The van der Waals surface area contributed by atoms with E-state index < -0.39 is 0 Å². The van der Waals surface area contributed by atoms with Gasteiger partial charge in [-0.2, -0.15) is 0 Å². The number of nitrogens with zero attached hydrogens (tertiary/aromatic N) is 1. The summed E-state index contributed by atoms with van der Waals surface area (Å²) in [6.45, 7) is 4.81. The highest BCUT2D eigenvalue weighted by molar-refractivity contribution is 5.94. The molecule has 0 aromatic heterocycles. The van der Waals surface area contributed by atoms with Crippen LogP contribution in [0, 0.1) is 0 Å². The number of anilines is 1. The summed E-state index contributed by atoms with van der Waals surface area (Å²) in [6.07, 6.45) is 0. The first-order valence-corrected chi connectivity index (χ1v) is 7.78. The van der Waals surface area contributed by atoms with Gasteiger partial charge in [-0.1, -0.05) is 38.1 Å². The summed E-state index contributed by atoms with van der Waals surface area (Å²) in [7, 11) is 1.62. The molecule has 0 aliphatic heterocycles. The number of benzene rings is 2. The maximum Gasteiger partial charge on any atom is 0.241 e. The molecule has 122 valence electrons. The Morgan fingerprint density at radius 2 is 1.70 bits per heavy atom. The van der Waals surface area contributed by atoms with Crippen LogP contribution in [-0.2, 0) is 11.3 Å². The van der Waals surface area contributed by atoms with Gasteiger partial charge in [-0.25, -0.2) is 0 Å². The lowest BCUT2D eigenvalue weighted by molar-refractivity contribution is -0.117. The highest BCUT2D eigenvalue weighted by Crippen LogP contribution is 2.22. The van der Waals surface area contributed by atoms with Crippen LogP contribution in [-0.4, -0.2) is 19.6 Å². The van der Waals surface area contributed by atoms with Crippen LogP contribution in [0.3, 0.4) is 0 Å². The van der Waals surface area contributed by atoms with E-state index in [0.717, 1.165) is 17.0 Å². The number of carbonyl (C=O) groups is 1. The summed E-state index contributed by atoms with van der Waals surface area (Å²) < 4.78 is 5.16. The molecular weight excluding hydrogens is 288 g/mol. The standard InChI is InChI=1S/C19H24N2O2/c1-14(2)16-6-4-15(5-7-16)13-21(19(22)12-20)17-8-10-18(23-3)11-9-17/h4-11,14H,12-13,20H2,1-3H3. The van der Waals surface area contributed by atoms with E-state index in [1.165, 1.54) is 5.56 Å². The maximum atomic E-state index is 12.2. The molecule has 0 bridgehead atoms.